The van der Waals surface area contributed by atoms with Crippen molar-refractivity contribution >= 4 is 11.8 Å². The van der Waals surface area contributed by atoms with Crippen molar-refractivity contribution in [3.8, 4) is 0 Å². The van der Waals surface area contributed by atoms with E-state index in [1.807, 2.05) is 12.2 Å². The van der Waals surface area contributed by atoms with Crippen molar-refractivity contribution in [2.24, 2.45) is 0 Å². The van der Waals surface area contributed by atoms with Crippen LogP contribution in [-0.4, -0.2) is 35.7 Å². The molecule has 0 saturated heterocycles. The lowest BCUT2D eigenvalue weighted by molar-refractivity contribution is -0.140. The van der Waals surface area contributed by atoms with Crippen LogP contribution in [0, 0.1) is 0 Å². The van der Waals surface area contributed by atoms with Gasteiger partial charge in [-0.3, -0.25) is 9.59 Å². The summed E-state index contributed by atoms with van der Waals surface area (Å²) in [5.41, 5.74) is 0. The first kappa shape index (κ1) is 22.1. The number of allylic oxidation sites excluding steroid dienone is 4. The lowest BCUT2D eigenvalue weighted by atomic mass is 10.1. The van der Waals surface area contributed by atoms with Crippen LogP contribution in [0.3, 0.4) is 0 Å². The number of ketones is 1. The summed E-state index contributed by atoms with van der Waals surface area (Å²) in [6.07, 6.45) is 15.3. The maximum atomic E-state index is 11.6. The molecule has 0 heterocycles. The summed E-state index contributed by atoms with van der Waals surface area (Å²) in [5.74, 6) is -0.388. The molecule has 0 aliphatic rings. The maximum Gasteiger partial charge on any atom is 0.305 e. The highest BCUT2D eigenvalue weighted by atomic mass is 16.5. The molecule has 0 amide bonds. The van der Waals surface area contributed by atoms with Gasteiger partial charge in [-0.25, -0.2) is 0 Å². The van der Waals surface area contributed by atoms with Crippen LogP contribution in [0.5, 0.6) is 0 Å². The minimum Gasteiger partial charge on any atom is -0.508 e. The Morgan fingerprint density at radius 2 is 1.67 bits per heavy atom. The second kappa shape index (κ2) is 16.0. The first-order valence-electron chi connectivity index (χ1n) is 8.52. The number of hydrogen-bond acceptors (Lipinski definition) is 5. The second-order valence-electron chi connectivity index (χ2n) is 5.51. The summed E-state index contributed by atoms with van der Waals surface area (Å²) in [6, 6.07) is 0. The van der Waals surface area contributed by atoms with Gasteiger partial charge in [0.2, 0.25) is 0 Å². The van der Waals surface area contributed by atoms with Crippen LogP contribution in [0.4, 0.5) is 0 Å². The highest BCUT2D eigenvalue weighted by molar-refractivity contribution is 5.91. The van der Waals surface area contributed by atoms with Gasteiger partial charge in [0.05, 0.1) is 7.11 Å². The largest absolute Gasteiger partial charge is 0.508 e. The molecule has 0 unspecified atom stereocenters. The summed E-state index contributed by atoms with van der Waals surface area (Å²) < 4.78 is 4.58. The SMILES string of the molecule is COC(=O)CCCCCCC/C=C\CC(=O)/C=C(O)/C=C/CCO. The first-order chi connectivity index (χ1) is 11.6. The minimum atomic E-state index is -0.153. The van der Waals surface area contributed by atoms with Crippen molar-refractivity contribution in [3.05, 3.63) is 36.1 Å². The van der Waals surface area contributed by atoms with Gasteiger partial charge in [-0.15, -0.1) is 0 Å². The number of carbonyl (C=O) groups excluding carboxylic acids is 2. The van der Waals surface area contributed by atoms with Gasteiger partial charge in [0.25, 0.3) is 0 Å². The smallest absolute Gasteiger partial charge is 0.305 e. The third-order valence-corrected chi connectivity index (χ3v) is 3.36. The molecule has 5 nitrogen and oxygen atoms in total. The van der Waals surface area contributed by atoms with Gasteiger partial charge in [0.1, 0.15) is 5.76 Å². The summed E-state index contributed by atoms with van der Waals surface area (Å²) in [5, 5.41) is 18.1. The Labute approximate surface area is 144 Å². The van der Waals surface area contributed by atoms with Crippen LogP contribution in [-0.2, 0) is 14.3 Å². The molecule has 0 bridgehead atoms. The number of methoxy groups -OCH3 is 1. The molecule has 0 aromatic carbocycles. The van der Waals surface area contributed by atoms with Crippen molar-refractivity contribution in [2.45, 2.75) is 57.8 Å². The van der Waals surface area contributed by atoms with Gasteiger partial charge in [-0.05, 0) is 31.8 Å². The molecule has 0 aliphatic heterocycles. The van der Waals surface area contributed by atoms with Gasteiger partial charge in [0.15, 0.2) is 5.78 Å². The number of aliphatic hydroxyl groups excluding tert-OH is 2. The van der Waals surface area contributed by atoms with Crippen LogP contribution in [0.25, 0.3) is 0 Å². The molecule has 0 radical (unpaired) electrons. The van der Waals surface area contributed by atoms with E-state index in [1.54, 1.807) is 6.08 Å². The van der Waals surface area contributed by atoms with E-state index < -0.39 is 0 Å². The Balaban J connectivity index is 3.63. The molecule has 0 aromatic heterocycles. The fraction of sp³-hybridized carbons (Fsp3) is 0.579. The lowest BCUT2D eigenvalue weighted by Gasteiger charge is -2.00. The predicted octanol–water partition coefficient (Wildman–Crippen LogP) is 3.79. The molecule has 0 atom stereocenters. The average molecular weight is 338 g/mol. The molecule has 0 spiro atoms. The van der Waals surface area contributed by atoms with E-state index in [4.69, 9.17) is 5.11 Å². The van der Waals surface area contributed by atoms with E-state index in [0.29, 0.717) is 12.8 Å². The topological polar surface area (TPSA) is 83.8 Å². The maximum absolute atomic E-state index is 11.6. The number of ether oxygens (including phenoxy) is 1. The van der Waals surface area contributed by atoms with Crippen molar-refractivity contribution < 1.29 is 24.5 Å². The van der Waals surface area contributed by atoms with Crippen LogP contribution < -0.4 is 0 Å². The van der Waals surface area contributed by atoms with Gasteiger partial charge in [0, 0.05) is 25.5 Å². The number of aliphatic hydroxyl groups is 2. The Kier molecular flexibility index (Phi) is 14.7. The summed E-state index contributed by atoms with van der Waals surface area (Å²) >= 11 is 0. The normalized spacial score (nSPS) is 12.2. The van der Waals surface area contributed by atoms with Gasteiger partial charge in [-0.1, -0.05) is 37.5 Å². The number of esters is 1. The van der Waals surface area contributed by atoms with E-state index in [9.17, 15) is 14.7 Å². The highest BCUT2D eigenvalue weighted by Crippen LogP contribution is 2.08. The van der Waals surface area contributed by atoms with Crippen molar-refractivity contribution in [1.82, 2.24) is 0 Å². The summed E-state index contributed by atoms with van der Waals surface area (Å²) in [7, 11) is 1.41. The monoisotopic (exact) mass is 338 g/mol. The Morgan fingerprint density at radius 1 is 0.958 bits per heavy atom. The third-order valence-electron chi connectivity index (χ3n) is 3.36. The quantitative estimate of drug-likeness (QED) is 0.126. The molecular formula is C19H30O5. The summed E-state index contributed by atoms with van der Waals surface area (Å²) in [4.78, 5) is 22.5. The fourth-order valence-corrected chi connectivity index (χ4v) is 2.03. The standard InChI is InChI=1S/C19H30O5/c1-24-19(23)14-9-7-5-3-2-4-6-8-12-17(21)16-18(22)13-10-11-15-20/h6,8,10,13,16,20,22H,2-5,7,9,11-12,14-15H2,1H3/b8-6-,13-10+,18-16-. The average Bonchev–Trinajstić information content (AvgIpc) is 2.56. The molecule has 0 rings (SSSR count). The van der Waals surface area contributed by atoms with Gasteiger partial charge >= 0.3 is 5.97 Å². The predicted molar refractivity (Wildman–Crippen MR) is 94.7 cm³/mol. The van der Waals surface area contributed by atoms with E-state index in [0.717, 1.165) is 38.5 Å². The minimum absolute atomic E-state index is 0.0196. The highest BCUT2D eigenvalue weighted by Gasteiger charge is 1.99. The molecule has 136 valence electrons. The van der Waals surface area contributed by atoms with Crippen molar-refractivity contribution in [2.75, 3.05) is 13.7 Å². The fourth-order valence-electron chi connectivity index (χ4n) is 2.03. The van der Waals surface area contributed by atoms with Crippen LogP contribution >= 0.6 is 0 Å². The van der Waals surface area contributed by atoms with Gasteiger partial charge in [-0.2, -0.15) is 0 Å². The molecule has 0 fully saturated rings. The molecule has 24 heavy (non-hydrogen) atoms. The van der Waals surface area contributed by atoms with Crippen LogP contribution in [0.1, 0.15) is 57.8 Å². The first-order valence-corrected chi connectivity index (χ1v) is 8.52. The zero-order valence-electron chi connectivity index (χ0n) is 14.6. The number of carbonyl (C=O) groups is 2. The van der Waals surface area contributed by atoms with Crippen LogP contribution in [0.15, 0.2) is 36.1 Å². The molecule has 0 aliphatic carbocycles. The zero-order chi connectivity index (χ0) is 18.0. The van der Waals surface area contributed by atoms with E-state index in [-0.39, 0.29) is 30.5 Å². The van der Waals surface area contributed by atoms with Crippen molar-refractivity contribution in [1.29, 1.82) is 0 Å². The Bertz CT molecular complexity index is 435. The number of rotatable bonds is 14. The number of unbranched alkanes of at least 4 members (excludes halogenated alkanes) is 5. The molecular weight excluding hydrogens is 308 g/mol. The van der Waals surface area contributed by atoms with Gasteiger partial charge < -0.3 is 14.9 Å². The summed E-state index contributed by atoms with van der Waals surface area (Å²) in [6.45, 7) is 0.0196. The molecule has 0 aromatic rings. The van der Waals surface area contributed by atoms with E-state index >= 15 is 0 Å². The van der Waals surface area contributed by atoms with Crippen LogP contribution in [0.2, 0.25) is 0 Å². The zero-order valence-corrected chi connectivity index (χ0v) is 14.6. The third kappa shape index (κ3) is 15.0. The molecule has 5 heteroatoms. The van der Waals surface area contributed by atoms with E-state index in [2.05, 4.69) is 4.74 Å². The molecule has 2 N–H and O–H groups in total. The lowest BCUT2D eigenvalue weighted by Crippen LogP contribution is -1.99. The van der Waals surface area contributed by atoms with Crippen molar-refractivity contribution in [3.63, 3.8) is 0 Å². The van der Waals surface area contributed by atoms with E-state index in [1.165, 1.54) is 19.3 Å². The molecule has 0 saturated carbocycles. The Morgan fingerprint density at radius 3 is 2.38 bits per heavy atom. The second-order valence-corrected chi connectivity index (χ2v) is 5.51. The number of hydrogen-bond donors (Lipinski definition) is 2. The Hall–Kier alpha value is -1.88.